The molecule has 1 amide bonds. The molecular weight excluding hydrogens is 324 g/mol. The van der Waals surface area contributed by atoms with Crippen LogP contribution in [0.3, 0.4) is 0 Å². The topological polar surface area (TPSA) is 105 Å². The molecule has 25 heavy (non-hydrogen) atoms. The maximum absolute atomic E-state index is 12.7. The summed E-state index contributed by atoms with van der Waals surface area (Å²) in [6.45, 7) is 0.137. The van der Waals surface area contributed by atoms with Crippen LogP contribution < -0.4 is 0 Å². The van der Waals surface area contributed by atoms with Crippen LogP contribution >= 0.6 is 0 Å². The highest BCUT2D eigenvalue weighted by molar-refractivity contribution is 6.04. The van der Waals surface area contributed by atoms with Crippen molar-refractivity contribution in [2.24, 2.45) is 5.16 Å². The minimum Gasteiger partial charge on any atom is -0.480 e. The van der Waals surface area contributed by atoms with E-state index in [2.05, 4.69) is 15.1 Å². The van der Waals surface area contributed by atoms with Crippen LogP contribution in [0.4, 0.5) is 0 Å². The fourth-order valence-electron chi connectivity index (χ4n) is 2.75. The molecule has 1 aromatic carbocycles. The number of likely N-dealkylation sites (tertiary alicyclic amines) is 1. The van der Waals surface area contributed by atoms with E-state index in [0.29, 0.717) is 11.3 Å². The summed E-state index contributed by atoms with van der Waals surface area (Å²) in [4.78, 5) is 38.0. The van der Waals surface area contributed by atoms with E-state index in [0.717, 1.165) is 11.1 Å². The number of hydrogen-bond acceptors (Lipinski definition) is 6. The second-order valence-electron chi connectivity index (χ2n) is 5.54. The SMILES string of the molecule is CO/N=C1\C[C@@H](C(=O)O)N(C(=O)c2ccc(-c3cncnc3)cc2)C1. The highest BCUT2D eigenvalue weighted by Crippen LogP contribution is 2.22. The molecule has 0 bridgehead atoms. The molecule has 0 unspecified atom stereocenters. The van der Waals surface area contributed by atoms with Crippen molar-refractivity contribution < 1.29 is 19.5 Å². The first-order valence-electron chi connectivity index (χ1n) is 7.58. The first-order chi connectivity index (χ1) is 12.1. The van der Waals surface area contributed by atoms with E-state index in [1.54, 1.807) is 36.7 Å². The van der Waals surface area contributed by atoms with Crippen LogP contribution in [0.5, 0.6) is 0 Å². The van der Waals surface area contributed by atoms with Gasteiger partial charge in [-0.2, -0.15) is 0 Å². The average Bonchev–Trinajstić information content (AvgIpc) is 3.07. The number of aliphatic carboxylic acids is 1. The van der Waals surface area contributed by atoms with Gasteiger partial charge in [-0.15, -0.1) is 0 Å². The fraction of sp³-hybridized carbons (Fsp3) is 0.235. The van der Waals surface area contributed by atoms with Gasteiger partial charge in [0.2, 0.25) is 0 Å². The van der Waals surface area contributed by atoms with Crippen molar-refractivity contribution in [3.8, 4) is 11.1 Å². The standard InChI is InChI=1S/C17H16N4O4/c1-25-20-14-6-15(17(23)24)21(9-14)16(22)12-4-2-11(3-5-12)13-7-18-10-19-8-13/h2-5,7-8,10,15H,6,9H2,1H3,(H,23,24)/b20-14+/t15-/m0/s1. The summed E-state index contributed by atoms with van der Waals surface area (Å²) in [5.74, 6) is -1.42. The Morgan fingerprint density at radius 2 is 1.88 bits per heavy atom. The Morgan fingerprint density at radius 1 is 1.20 bits per heavy atom. The molecule has 1 saturated heterocycles. The van der Waals surface area contributed by atoms with Gasteiger partial charge in [0.15, 0.2) is 0 Å². The summed E-state index contributed by atoms with van der Waals surface area (Å²) in [6.07, 6.45) is 4.96. The van der Waals surface area contributed by atoms with Crippen molar-refractivity contribution in [2.45, 2.75) is 12.5 Å². The van der Waals surface area contributed by atoms with Gasteiger partial charge < -0.3 is 14.8 Å². The number of nitrogens with zero attached hydrogens (tertiary/aromatic N) is 4. The second kappa shape index (κ2) is 7.08. The minimum absolute atomic E-state index is 0.137. The molecule has 2 aromatic rings. The zero-order valence-corrected chi connectivity index (χ0v) is 13.5. The van der Waals surface area contributed by atoms with E-state index in [1.807, 2.05) is 0 Å². The van der Waals surface area contributed by atoms with E-state index in [1.165, 1.54) is 18.3 Å². The number of rotatable bonds is 4. The summed E-state index contributed by atoms with van der Waals surface area (Å²) >= 11 is 0. The highest BCUT2D eigenvalue weighted by atomic mass is 16.6. The van der Waals surface area contributed by atoms with Crippen LogP contribution in [0.2, 0.25) is 0 Å². The molecule has 2 heterocycles. The van der Waals surface area contributed by atoms with Crippen molar-refractivity contribution in [3.05, 3.63) is 48.5 Å². The number of carbonyl (C=O) groups is 2. The third-order valence-corrected chi connectivity index (χ3v) is 3.95. The lowest BCUT2D eigenvalue weighted by Crippen LogP contribution is -2.40. The molecule has 0 saturated carbocycles. The van der Waals surface area contributed by atoms with Gasteiger partial charge in [-0.25, -0.2) is 14.8 Å². The van der Waals surface area contributed by atoms with Crippen LogP contribution in [0, 0.1) is 0 Å². The molecule has 1 fully saturated rings. The summed E-state index contributed by atoms with van der Waals surface area (Å²) in [6, 6.07) is 5.94. The predicted molar refractivity (Wildman–Crippen MR) is 89.0 cm³/mol. The Labute approximate surface area is 143 Å². The monoisotopic (exact) mass is 340 g/mol. The molecule has 8 nitrogen and oxygen atoms in total. The van der Waals surface area contributed by atoms with Gasteiger partial charge in [0, 0.05) is 29.9 Å². The third kappa shape index (κ3) is 3.47. The number of hydrogen-bond donors (Lipinski definition) is 1. The number of aromatic nitrogens is 2. The average molecular weight is 340 g/mol. The van der Waals surface area contributed by atoms with Gasteiger partial charge in [-0.3, -0.25) is 4.79 Å². The maximum atomic E-state index is 12.7. The van der Waals surface area contributed by atoms with Crippen LogP contribution in [0.15, 0.2) is 48.1 Å². The van der Waals surface area contributed by atoms with E-state index in [4.69, 9.17) is 4.84 Å². The Hall–Kier alpha value is -3.29. The third-order valence-electron chi connectivity index (χ3n) is 3.95. The lowest BCUT2D eigenvalue weighted by molar-refractivity contribution is -0.141. The van der Waals surface area contributed by atoms with Gasteiger partial charge in [-0.05, 0) is 17.7 Å². The Morgan fingerprint density at radius 3 is 2.48 bits per heavy atom. The number of benzene rings is 1. The molecule has 1 N–H and O–H groups in total. The molecule has 0 aliphatic carbocycles. The molecule has 1 aliphatic heterocycles. The van der Waals surface area contributed by atoms with Crippen molar-refractivity contribution in [1.82, 2.24) is 14.9 Å². The molecule has 8 heteroatoms. The summed E-state index contributed by atoms with van der Waals surface area (Å²) in [5, 5.41) is 13.1. The lowest BCUT2D eigenvalue weighted by Gasteiger charge is -2.20. The molecule has 1 aromatic heterocycles. The highest BCUT2D eigenvalue weighted by Gasteiger charge is 2.38. The Kier molecular flexibility index (Phi) is 4.69. The van der Waals surface area contributed by atoms with Crippen molar-refractivity contribution in [3.63, 3.8) is 0 Å². The maximum Gasteiger partial charge on any atom is 0.326 e. The number of carboxylic acids is 1. The number of carboxylic acid groups (broad SMARTS) is 1. The lowest BCUT2D eigenvalue weighted by atomic mass is 10.1. The van der Waals surface area contributed by atoms with E-state index < -0.39 is 12.0 Å². The summed E-state index contributed by atoms with van der Waals surface area (Å²) < 4.78 is 0. The van der Waals surface area contributed by atoms with Gasteiger partial charge >= 0.3 is 5.97 Å². The van der Waals surface area contributed by atoms with Gasteiger partial charge in [0.05, 0.1) is 12.3 Å². The molecule has 3 rings (SSSR count). The first-order valence-corrected chi connectivity index (χ1v) is 7.58. The quantitative estimate of drug-likeness (QED) is 0.845. The minimum atomic E-state index is -1.06. The van der Waals surface area contributed by atoms with Crippen LogP contribution in [0.25, 0.3) is 11.1 Å². The number of amides is 1. The summed E-state index contributed by atoms with van der Waals surface area (Å²) in [7, 11) is 1.39. The predicted octanol–water partition coefficient (Wildman–Crippen LogP) is 1.45. The molecule has 1 aliphatic rings. The van der Waals surface area contributed by atoms with Gasteiger partial charge in [0.25, 0.3) is 5.91 Å². The summed E-state index contributed by atoms with van der Waals surface area (Å²) in [5.41, 5.74) is 2.64. The fourth-order valence-corrected chi connectivity index (χ4v) is 2.75. The van der Waals surface area contributed by atoms with Crippen LogP contribution in [-0.4, -0.2) is 57.3 Å². The first kappa shape index (κ1) is 16.6. The van der Waals surface area contributed by atoms with Crippen LogP contribution in [0.1, 0.15) is 16.8 Å². The van der Waals surface area contributed by atoms with E-state index in [-0.39, 0.29) is 18.9 Å². The number of carbonyl (C=O) groups excluding carboxylic acids is 1. The molecule has 128 valence electrons. The Balaban J connectivity index is 1.82. The van der Waals surface area contributed by atoms with Crippen molar-refractivity contribution in [1.29, 1.82) is 0 Å². The zero-order valence-electron chi connectivity index (χ0n) is 13.5. The molecule has 0 spiro atoms. The van der Waals surface area contributed by atoms with Crippen molar-refractivity contribution in [2.75, 3.05) is 13.7 Å². The second-order valence-corrected chi connectivity index (χ2v) is 5.54. The molecular formula is C17H16N4O4. The largest absolute Gasteiger partial charge is 0.480 e. The van der Waals surface area contributed by atoms with Crippen LogP contribution in [-0.2, 0) is 9.63 Å². The van der Waals surface area contributed by atoms with E-state index >= 15 is 0 Å². The van der Waals surface area contributed by atoms with Gasteiger partial charge in [0.1, 0.15) is 19.5 Å². The Bertz CT molecular complexity index is 805. The molecule has 0 radical (unpaired) electrons. The van der Waals surface area contributed by atoms with E-state index in [9.17, 15) is 14.7 Å². The molecule has 1 atom stereocenters. The normalized spacial score (nSPS) is 18.4. The smallest absolute Gasteiger partial charge is 0.326 e. The van der Waals surface area contributed by atoms with Gasteiger partial charge in [-0.1, -0.05) is 17.3 Å². The van der Waals surface area contributed by atoms with Crippen molar-refractivity contribution >= 4 is 17.6 Å². The zero-order chi connectivity index (χ0) is 17.8. The number of oxime groups is 1.